The lowest BCUT2D eigenvalue weighted by Crippen LogP contribution is -2.16. The van der Waals surface area contributed by atoms with E-state index in [1.807, 2.05) is 0 Å². The van der Waals surface area contributed by atoms with Gasteiger partial charge < -0.3 is 15.8 Å². The molecule has 4 aromatic rings. The van der Waals surface area contributed by atoms with Crippen LogP contribution in [-0.4, -0.2) is 50.1 Å². The van der Waals surface area contributed by atoms with Crippen LogP contribution in [0.2, 0.25) is 0 Å². The highest BCUT2D eigenvalue weighted by Crippen LogP contribution is 2.18. The lowest BCUT2D eigenvalue weighted by molar-refractivity contribution is 0.0600. The second-order valence-electron chi connectivity index (χ2n) is 8.95. The molecule has 2 aromatic heterocycles. The first-order valence-corrected chi connectivity index (χ1v) is 14.0. The van der Waals surface area contributed by atoms with Crippen LogP contribution in [0, 0.1) is 18.8 Å². The van der Waals surface area contributed by atoms with Gasteiger partial charge in [0.25, 0.3) is 11.8 Å². The Morgan fingerprint density at radius 2 is 1.80 bits per heavy atom. The number of rotatable bonds is 5. The standard InChI is InChI=1S/C29H26N6O5S/c1-18-13-25(35(2)33-18)28(37)32-23-9-5-7-19(14-23)11-12-20-15-22(17-31-26(20)30)27(36)34-41(4,39)24-10-6-8-21(16-24)29(38)40-3/h5-10,13-17H,1-4H3,(H2,30,31)(H,32,37). The van der Waals surface area contributed by atoms with E-state index in [1.54, 1.807) is 44.3 Å². The van der Waals surface area contributed by atoms with Crippen molar-refractivity contribution in [2.75, 3.05) is 24.4 Å². The molecule has 3 N–H and O–H groups in total. The molecule has 0 aliphatic rings. The summed E-state index contributed by atoms with van der Waals surface area (Å²) in [4.78, 5) is 41.6. The Hall–Kier alpha value is -5.28. The Bertz CT molecular complexity index is 1880. The van der Waals surface area contributed by atoms with E-state index >= 15 is 0 Å². The Labute approximate surface area is 236 Å². The van der Waals surface area contributed by atoms with E-state index in [2.05, 4.69) is 31.6 Å². The Balaban J connectivity index is 1.57. The van der Waals surface area contributed by atoms with Crippen molar-refractivity contribution in [3.63, 3.8) is 0 Å². The molecule has 0 saturated carbocycles. The van der Waals surface area contributed by atoms with Crippen molar-refractivity contribution in [3.05, 3.63) is 101 Å². The van der Waals surface area contributed by atoms with Crippen molar-refractivity contribution in [3.8, 4) is 11.8 Å². The summed E-state index contributed by atoms with van der Waals surface area (Å²) in [6.45, 7) is 1.80. The van der Waals surface area contributed by atoms with Crippen LogP contribution in [0.3, 0.4) is 0 Å². The maximum Gasteiger partial charge on any atom is 0.337 e. The van der Waals surface area contributed by atoms with Crippen molar-refractivity contribution in [2.45, 2.75) is 11.8 Å². The minimum absolute atomic E-state index is 0.0367. The number of nitrogen functional groups attached to an aromatic ring is 1. The van der Waals surface area contributed by atoms with Crippen molar-refractivity contribution >= 4 is 39.0 Å². The molecule has 2 amide bonds. The van der Waals surface area contributed by atoms with Crippen LogP contribution in [0.1, 0.15) is 48.0 Å². The minimum atomic E-state index is -3.20. The second kappa shape index (κ2) is 11.8. The fourth-order valence-electron chi connectivity index (χ4n) is 3.77. The van der Waals surface area contributed by atoms with E-state index < -0.39 is 21.6 Å². The van der Waals surface area contributed by atoms with E-state index in [0.717, 1.165) is 5.69 Å². The predicted molar refractivity (Wildman–Crippen MR) is 154 cm³/mol. The number of hydrogen-bond acceptors (Lipinski definition) is 8. The van der Waals surface area contributed by atoms with Crippen molar-refractivity contribution in [1.82, 2.24) is 14.8 Å². The van der Waals surface area contributed by atoms with E-state index in [1.165, 1.54) is 54.6 Å². The van der Waals surface area contributed by atoms with Gasteiger partial charge in [-0.1, -0.05) is 24.0 Å². The van der Waals surface area contributed by atoms with Crippen LogP contribution in [-0.2, 0) is 21.5 Å². The number of aromatic nitrogens is 3. The van der Waals surface area contributed by atoms with Gasteiger partial charge in [-0.25, -0.2) is 14.0 Å². The quantitative estimate of drug-likeness (QED) is 0.273. The fourth-order valence-corrected chi connectivity index (χ4v) is 4.97. The summed E-state index contributed by atoms with van der Waals surface area (Å²) in [5, 5.41) is 7.00. The number of anilines is 2. The van der Waals surface area contributed by atoms with Crippen LogP contribution < -0.4 is 11.1 Å². The third kappa shape index (κ3) is 6.84. The van der Waals surface area contributed by atoms with Crippen LogP contribution in [0.4, 0.5) is 11.5 Å². The highest BCUT2D eigenvalue weighted by atomic mass is 32.2. The number of pyridine rings is 1. The van der Waals surface area contributed by atoms with Gasteiger partial charge in [-0.15, -0.1) is 0 Å². The number of ether oxygens (including phenoxy) is 1. The number of carbonyl (C=O) groups excluding carboxylic acids is 3. The van der Waals surface area contributed by atoms with Crippen LogP contribution in [0.15, 0.2) is 76.1 Å². The Kier molecular flexibility index (Phi) is 8.30. The largest absolute Gasteiger partial charge is 0.465 e. The monoisotopic (exact) mass is 570 g/mol. The van der Waals surface area contributed by atoms with Gasteiger partial charge in [-0.05, 0) is 55.5 Å². The van der Waals surface area contributed by atoms with E-state index in [0.29, 0.717) is 16.9 Å². The summed E-state index contributed by atoms with van der Waals surface area (Å²) < 4.78 is 23.4. The summed E-state index contributed by atoms with van der Waals surface area (Å²) in [7, 11) is -0.277. The summed E-state index contributed by atoms with van der Waals surface area (Å²) in [5.74, 6) is 4.23. The lowest BCUT2D eigenvalue weighted by atomic mass is 10.1. The fraction of sp³-hybridized carbons (Fsp3) is 0.138. The molecule has 0 aliphatic heterocycles. The van der Waals surface area contributed by atoms with Gasteiger partial charge in [0.2, 0.25) is 0 Å². The summed E-state index contributed by atoms with van der Waals surface area (Å²) >= 11 is 0. The van der Waals surface area contributed by atoms with Crippen LogP contribution >= 0.6 is 0 Å². The van der Waals surface area contributed by atoms with Gasteiger partial charge in [-0.2, -0.15) is 9.46 Å². The number of nitrogens with zero attached hydrogens (tertiary/aromatic N) is 4. The topological polar surface area (TPSA) is 159 Å². The molecule has 0 radical (unpaired) electrons. The van der Waals surface area contributed by atoms with Crippen molar-refractivity contribution in [1.29, 1.82) is 0 Å². The molecule has 0 saturated heterocycles. The Morgan fingerprint density at radius 1 is 1.05 bits per heavy atom. The van der Waals surface area contributed by atoms with Gasteiger partial charge >= 0.3 is 5.97 Å². The molecular formula is C29H26N6O5S. The second-order valence-corrected chi connectivity index (χ2v) is 11.2. The first-order valence-electron chi connectivity index (χ1n) is 12.1. The van der Waals surface area contributed by atoms with Crippen molar-refractivity contribution < 1.29 is 23.3 Å². The average molecular weight is 571 g/mol. The van der Waals surface area contributed by atoms with Crippen LogP contribution in [0.25, 0.3) is 0 Å². The molecule has 208 valence electrons. The zero-order chi connectivity index (χ0) is 29.7. The molecule has 12 heteroatoms. The molecule has 1 unspecified atom stereocenters. The number of amides is 2. The number of nitrogens with one attached hydrogen (secondary N) is 1. The molecule has 0 bridgehead atoms. The van der Waals surface area contributed by atoms with Crippen molar-refractivity contribution in [2.24, 2.45) is 11.4 Å². The number of methoxy groups -OCH3 is 1. The number of hydrogen-bond donors (Lipinski definition) is 2. The summed E-state index contributed by atoms with van der Waals surface area (Å²) in [6.07, 6.45) is 2.52. The van der Waals surface area contributed by atoms with E-state index in [4.69, 9.17) is 10.5 Å². The SMILES string of the molecule is COC(=O)c1cccc(S(C)(=O)=NC(=O)c2cnc(N)c(C#Cc3cccc(NC(=O)c4cc(C)nn4C)c3)c2)c1. The molecule has 4 rings (SSSR count). The number of carbonyl (C=O) groups is 3. The smallest absolute Gasteiger partial charge is 0.337 e. The third-order valence-corrected chi connectivity index (χ3v) is 7.45. The molecule has 2 heterocycles. The molecule has 0 fully saturated rings. The van der Waals surface area contributed by atoms with Gasteiger partial charge in [0.05, 0.1) is 39.2 Å². The minimum Gasteiger partial charge on any atom is -0.465 e. The van der Waals surface area contributed by atoms with Gasteiger partial charge in [-0.3, -0.25) is 14.3 Å². The molecule has 41 heavy (non-hydrogen) atoms. The van der Waals surface area contributed by atoms with E-state index in [-0.39, 0.29) is 33.3 Å². The molecular weight excluding hydrogens is 544 g/mol. The van der Waals surface area contributed by atoms with Gasteiger partial charge in [0, 0.05) is 35.6 Å². The normalized spacial score (nSPS) is 11.9. The molecule has 1 atom stereocenters. The number of esters is 1. The molecule has 0 aliphatic carbocycles. The third-order valence-electron chi connectivity index (χ3n) is 5.81. The van der Waals surface area contributed by atoms with Crippen LogP contribution in [0.5, 0.6) is 0 Å². The number of benzene rings is 2. The summed E-state index contributed by atoms with van der Waals surface area (Å²) in [6, 6.07) is 15.9. The van der Waals surface area contributed by atoms with E-state index in [9.17, 15) is 18.6 Å². The van der Waals surface area contributed by atoms with Gasteiger partial charge in [0.1, 0.15) is 11.5 Å². The number of nitrogens with two attached hydrogens (primary N) is 1. The highest BCUT2D eigenvalue weighted by molar-refractivity contribution is 7.93. The maximum atomic E-state index is 13.3. The highest BCUT2D eigenvalue weighted by Gasteiger charge is 2.16. The lowest BCUT2D eigenvalue weighted by Gasteiger charge is -2.07. The molecule has 2 aromatic carbocycles. The van der Waals surface area contributed by atoms with Gasteiger partial charge in [0.15, 0.2) is 0 Å². The number of aryl methyl sites for hydroxylation is 2. The summed E-state index contributed by atoms with van der Waals surface area (Å²) in [5.41, 5.74) is 8.72. The first kappa shape index (κ1) is 28.7. The Morgan fingerprint density at radius 3 is 2.51 bits per heavy atom. The zero-order valence-corrected chi connectivity index (χ0v) is 23.5. The first-order chi connectivity index (χ1) is 19.5. The molecule has 11 nitrogen and oxygen atoms in total. The molecule has 0 spiro atoms. The average Bonchev–Trinajstić information content (AvgIpc) is 3.29. The predicted octanol–water partition coefficient (Wildman–Crippen LogP) is 3.44. The maximum absolute atomic E-state index is 13.3. The zero-order valence-electron chi connectivity index (χ0n) is 22.7.